The summed E-state index contributed by atoms with van der Waals surface area (Å²) >= 11 is 12.1. The van der Waals surface area contributed by atoms with Gasteiger partial charge in [0.25, 0.3) is 11.7 Å². The molecule has 4 rings (SSSR count). The third-order valence-electron chi connectivity index (χ3n) is 5.67. The topological polar surface area (TPSA) is 66.8 Å². The van der Waals surface area contributed by atoms with E-state index in [-0.39, 0.29) is 21.9 Å². The summed E-state index contributed by atoms with van der Waals surface area (Å²) in [7, 11) is 1.54. The van der Waals surface area contributed by atoms with Crippen molar-refractivity contribution in [1.29, 1.82) is 0 Å². The van der Waals surface area contributed by atoms with Crippen LogP contribution in [0.4, 0.5) is 5.69 Å². The van der Waals surface area contributed by atoms with Gasteiger partial charge < -0.3 is 9.84 Å². The predicted molar refractivity (Wildman–Crippen MR) is 130 cm³/mol. The highest BCUT2D eigenvalue weighted by atomic mass is 35.5. The molecular weight excluding hydrogens is 461 g/mol. The van der Waals surface area contributed by atoms with Crippen molar-refractivity contribution < 1.29 is 19.4 Å². The predicted octanol–water partition coefficient (Wildman–Crippen LogP) is 6.19. The molecule has 1 atom stereocenters. The number of aliphatic hydroxyl groups is 1. The van der Waals surface area contributed by atoms with Gasteiger partial charge in [-0.25, -0.2) is 0 Å². The van der Waals surface area contributed by atoms with Crippen molar-refractivity contribution >= 4 is 46.3 Å². The van der Waals surface area contributed by atoms with Gasteiger partial charge in [-0.15, -0.1) is 0 Å². The van der Waals surface area contributed by atoms with Crippen molar-refractivity contribution in [2.75, 3.05) is 12.0 Å². The molecule has 1 unspecified atom stereocenters. The maximum absolute atomic E-state index is 13.2. The van der Waals surface area contributed by atoms with E-state index >= 15 is 0 Å². The SMILES string of the molecule is CCc1ccc(N2C(=O)C(=O)/C(=C(\O)c3ccc(Cl)c(Cl)c3)C2c2cccc(OC)c2)cc1. The highest BCUT2D eigenvalue weighted by Crippen LogP contribution is 2.43. The van der Waals surface area contributed by atoms with Gasteiger partial charge in [0.05, 0.1) is 28.8 Å². The van der Waals surface area contributed by atoms with Crippen LogP contribution in [0.25, 0.3) is 5.76 Å². The van der Waals surface area contributed by atoms with Crippen molar-refractivity contribution in [3.05, 3.63) is 99.0 Å². The molecule has 168 valence electrons. The highest BCUT2D eigenvalue weighted by molar-refractivity contribution is 6.51. The van der Waals surface area contributed by atoms with E-state index in [1.165, 1.54) is 24.1 Å². The molecule has 1 aliphatic heterocycles. The number of aryl methyl sites for hydroxylation is 1. The van der Waals surface area contributed by atoms with E-state index < -0.39 is 17.7 Å². The lowest BCUT2D eigenvalue weighted by Crippen LogP contribution is -2.29. The summed E-state index contributed by atoms with van der Waals surface area (Å²) in [6.45, 7) is 2.04. The molecule has 1 heterocycles. The summed E-state index contributed by atoms with van der Waals surface area (Å²) in [5.74, 6) is -1.28. The van der Waals surface area contributed by atoms with Gasteiger partial charge in [0.15, 0.2) is 0 Å². The minimum atomic E-state index is -0.859. The Morgan fingerprint density at radius 3 is 2.36 bits per heavy atom. The minimum absolute atomic E-state index is 0.0359. The molecule has 0 bridgehead atoms. The van der Waals surface area contributed by atoms with Crippen molar-refractivity contribution in [2.45, 2.75) is 19.4 Å². The Morgan fingerprint density at radius 1 is 1.00 bits per heavy atom. The van der Waals surface area contributed by atoms with Crippen molar-refractivity contribution in [3.63, 3.8) is 0 Å². The molecule has 1 amide bonds. The number of methoxy groups -OCH3 is 1. The van der Waals surface area contributed by atoms with Crippen LogP contribution in [0.15, 0.2) is 72.3 Å². The maximum Gasteiger partial charge on any atom is 0.300 e. The van der Waals surface area contributed by atoms with Crippen molar-refractivity contribution in [1.82, 2.24) is 0 Å². The standard InChI is InChI=1S/C26H21Cl2NO4/c1-3-15-7-10-18(11-8-15)29-23(16-5-4-6-19(13-16)33-2)22(25(31)26(29)32)24(30)17-9-12-20(27)21(28)14-17/h4-14,23,30H,3H2,1-2H3/b24-22-. The number of ketones is 1. The monoisotopic (exact) mass is 481 g/mol. The van der Waals surface area contributed by atoms with E-state index in [2.05, 4.69) is 0 Å². The zero-order valence-electron chi connectivity index (χ0n) is 18.0. The highest BCUT2D eigenvalue weighted by Gasteiger charge is 2.47. The zero-order chi connectivity index (χ0) is 23.7. The minimum Gasteiger partial charge on any atom is -0.507 e. The lowest BCUT2D eigenvalue weighted by atomic mass is 9.95. The molecule has 0 radical (unpaired) electrons. The summed E-state index contributed by atoms with van der Waals surface area (Å²) in [5.41, 5.74) is 2.52. The number of anilines is 1. The molecule has 0 aromatic heterocycles. The fourth-order valence-corrected chi connectivity index (χ4v) is 4.22. The van der Waals surface area contributed by atoms with Crippen LogP contribution in [0.3, 0.4) is 0 Å². The van der Waals surface area contributed by atoms with Gasteiger partial charge in [0.2, 0.25) is 0 Å². The molecule has 3 aromatic carbocycles. The van der Waals surface area contributed by atoms with Crippen LogP contribution < -0.4 is 9.64 Å². The van der Waals surface area contributed by atoms with Crippen LogP contribution in [0, 0.1) is 0 Å². The van der Waals surface area contributed by atoms with E-state index in [0.717, 1.165) is 12.0 Å². The first kappa shape index (κ1) is 22.9. The van der Waals surface area contributed by atoms with Crippen LogP contribution in [0.5, 0.6) is 5.75 Å². The quantitative estimate of drug-likeness (QED) is 0.268. The summed E-state index contributed by atoms with van der Waals surface area (Å²) in [5, 5.41) is 11.7. The second-order valence-corrected chi connectivity index (χ2v) is 8.41. The molecule has 1 fully saturated rings. The number of hydrogen-bond donors (Lipinski definition) is 1. The first-order chi connectivity index (χ1) is 15.8. The normalized spacial score (nSPS) is 17.5. The summed E-state index contributed by atoms with van der Waals surface area (Å²) in [4.78, 5) is 27.8. The van der Waals surface area contributed by atoms with Crippen LogP contribution in [-0.2, 0) is 16.0 Å². The van der Waals surface area contributed by atoms with Crippen molar-refractivity contribution in [3.8, 4) is 5.75 Å². The third kappa shape index (κ3) is 4.22. The average Bonchev–Trinajstić information content (AvgIpc) is 3.11. The molecule has 7 heteroatoms. The van der Waals surface area contributed by atoms with Gasteiger partial charge in [-0.3, -0.25) is 14.5 Å². The number of halogens is 2. The van der Waals surface area contributed by atoms with Gasteiger partial charge in [-0.2, -0.15) is 0 Å². The van der Waals surface area contributed by atoms with E-state index in [0.29, 0.717) is 22.0 Å². The number of carbonyl (C=O) groups is 2. The number of hydrogen-bond acceptors (Lipinski definition) is 4. The Labute approximate surface area is 201 Å². The molecule has 1 aliphatic rings. The first-order valence-corrected chi connectivity index (χ1v) is 11.1. The van der Waals surface area contributed by atoms with Gasteiger partial charge in [-0.1, -0.05) is 54.4 Å². The first-order valence-electron chi connectivity index (χ1n) is 10.3. The zero-order valence-corrected chi connectivity index (χ0v) is 19.5. The largest absolute Gasteiger partial charge is 0.507 e. The molecule has 0 aliphatic carbocycles. The molecule has 3 aromatic rings. The van der Waals surface area contributed by atoms with Gasteiger partial charge in [-0.05, 0) is 60.0 Å². The Hall–Kier alpha value is -3.28. The Kier molecular flexibility index (Phi) is 6.45. The lowest BCUT2D eigenvalue weighted by molar-refractivity contribution is -0.132. The second kappa shape index (κ2) is 9.30. The smallest absolute Gasteiger partial charge is 0.300 e. The van der Waals surface area contributed by atoms with Crippen LogP contribution >= 0.6 is 23.2 Å². The van der Waals surface area contributed by atoms with Gasteiger partial charge in [0, 0.05) is 11.3 Å². The number of rotatable bonds is 5. The summed E-state index contributed by atoms with van der Waals surface area (Å²) < 4.78 is 5.35. The second-order valence-electron chi connectivity index (χ2n) is 7.59. The van der Waals surface area contributed by atoms with Crippen molar-refractivity contribution in [2.24, 2.45) is 0 Å². The number of nitrogens with zero attached hydrogens (tertiary/aromatic N) is 1. The van der Waals surface area contributed by atoms with Crippen LogP contribution in [0.1, 0.15) is 29.7 Å². The van der Waals surface area contributed by atoms with E-state index in [1.807, 2.05) is 19.1 Å². The molecule has 0 spiro atoms. The molecule has 0 saturated carbocycles. The van der Waals surface area contributed by atoms with E-state index in [1.54, 1.807) is 42.5 Å². The number of amides is 1. The molecule has 5 nitrogen and oxygen atoms in total. The Balaban J connectivity index is 1.94. The fraction of sp³-hybridized carbons (Fsp3) is 0.154. The van der Waals surface area contributed by atoms with Gasteiger partial charge in [0.1, 0.15) is 11.5 Å². The van der Waals surface area contributed by atoms with E-state index in [4.69, 9.17) is 27.9 Å². The molecule has 33 heavy (non-hydrogen) atoms. The van der Waals surface area contributed by atoms with E-state index in [9.17, 15) is 14.7 Å². The number of ether oxygens (including phenoxy) is 1. The maximum atomic E-state index is 13.2. The average molecular weight is 482 g/mol. The number of aliphatic hydroxyl groups excluding tert-OH is 1. The molecular formula is C26H21Cl2NO4. The third-order valence-corrected chi connectivity index (χ3v) is 6.41. The summed E-state index contributed by atoms with van der Waals surface area (Å²) in [6.07, 6.45) is 0.843. The summed E-state index contributed by atoms with van der Waals surface area (Å²) in [6, 6.07) is 18.2. The van der Waals surface area contributed by atoms with Crippen LogP contribution in [0.2, 0.25) is 10.0 Å². The Bertz CT molecular complexity index is 1270. The number of Topliss-reactive ketones (excluding diaryl/α,β-unsaturated/α-hetero) is 1. The molecule has 1 N–H and O–H groups in total. The number of benzene rings is 3. The van der Waals surface area contributed by atoms with Crippen LogP contribution in [-0.4, -0.2) is 23.9 Å². The Morgan fingerprint density at radius 2 is 1.73 bits per heavy atom. The fourth-order valence-electron chi connectivity index (χ4n) is 3.92. The van der Waals surface area contributed by atoms with Gasteiger partial charge >= 0.3 is 0 Å². The number of carbonyl (C=O) groups excluding carboxylic acids is 2. The lowest BCUT2D eigenvalue weighted by Gasteiger charge is -2.26. The molecule has 1 saturated heterocycles.